The van der Waals surface area contributed by atoms with E-state index in [1.807, 2.05) is 37.3 Å². The summed E-state index contributed by atoms with van der Waals surface area (Å²) in [5.41, 5.74) is 2.75. The second kappa shape index (κ2) is 9.83. The number of hydrogen-bond donors (Lipinski definition) is 2. The number of benzene rings is 3. The summed E-state index contributed by atoms with van der Waals surface area (Å²) in [7, 11) is 0. The molecular weight excluding hydrogens is 427 g/mol. The number of amides is 2. The van der Waals surface area contributed by atoms with Crippen molar-refractivity contribution in [1.29, 1.82) is 0 Å². The van der Waals surface area contributed by atoms with Crippen molar-refractivity contribution in [2.75, 3.05) is 16.4 Å². The zero-order valence-corrected chi connectivity index (χ0v) is 17.9. The molecule has 2 amide bonds. The van der Waals surface area contributed by atoms with Gasteiger partial charge in [-0.05, 0) is 43.3 Å². The summed E-state index contributed by atoms with van der Waals surface area (Å²) in [5.74, 6) is -0.293. The number of anilines is 2. The minimum Gasteiger partial charge on any atom is -0.325 e. The zero-order chi connectivity index (χ0) is 20.8. The van der Waals surface area contributed by atoms with Crippen LogP contribution in [0, 0.1) is 6.92 Å². The van der Waals surface area contributed by atoms with E-state index in [4.69, 9.17) is 23.2 Å². The van der Waals surface area contributed by atoms with Gasteiger partial charge in [-0.15, -0.1) is 11.8 Å². The Morgan fingerprint density at radius 1 is 0.897 bits per heavy atom. The number of thioether (sulfide) groups is 1. The predicted octanol–water partition coefficient (Wildman–Crippen LogP) is 6.28. The van der Waals surface area contributed by atoms with Crippen LogP contribution in [-0.4, -0.2) is 17.6 Å². The maximum Gasteiger partial charge on any atom is 0.256 e. The number of carbonyl (C=O) groups excluding carboxylic acids is 2. The average molecular weight is 445 g/mol. The van der Waals surface area contributed by atoms with Gasteiger partial charge in [-0.25, -0.2) is 0 Å². The van der Waals surface area contributed by atoms with Crippen LogP contribution in [0.25, 0.3) is 0 Å². The molecule has 0 saturated heterocycles. The minimum atomic E-state index is -0.323. The topological polar surface area (TPSA) is 58.2 Å². The van der Waals surface area contributed by atoms with E-state index >= 15 is 0 Å². The fourth-order valence-electron chi connectivity index (χ4n) is 2.55. The number of nitrogens with one attached hydrogen (secondary N) is 2. The summed E-state index contributed by atoms with van der Waals surface area (Å²) in [6.45, 7) is 1.99. The first kappa shape index (κ1) is 21.2. The lowest BCUT2D eigenvalue weighted by molar-refractivity contribution is -0.113. The van der Waals surface area contributed by atoms with E-state index in [0.717, 1.165) is 11.3 Å². The molecule has 3 aromatic rings. The van der Waals surface area contributed by atoms with Crippen molar-refractivity contribution in [3.63, 3.8) is 0 Å². The molecule has 0 saturated carbocycles. The lowest BCUT2D eigenvalue weighted by Gasteiger charge is -2.11. The minimum absolute atomic E-state index is 0.146. The monoisotopic (exact) mass is 444 g/mol. The van der Waals surface area contributed by atoms with Gasteiger partial charge in [0.25, 0.3) is 5.91 Å². The van der Waals surface area contributed by atoms with Gasteiger partial charge in [-0.1, -0.05) is 59.1 Å². The highest BCUT2D eigenvalue weighted by Crippen LogP contribution is 2.31. The summed E-state index contributed by atoms with van der Waals surface area (Å²) in [6.07, 6.45) is 0. The van der Waals surface area contributed by atoms with Gasteiger partial charge in [0.1, 0.15) is 0 Å². The van der Waals surface area contributed by atoms with Crippen LogP contribution in [0.4, 0.5) is 11.4 Å². The summed E-state index contributed by atoms with van der Waals surface area (Å²) in [6, 6.07) is 19.7. The van der Waals surface area contributed by atoms with E-state index in [2.05, 4.69) is 10.6 Å². The van der Waals surface area contributed by atoms with E-state index in [-0.39, 0.29) is 22.6 Å². The third-order valence-electron chi connectivity index (χ3n) is 4.03. The first-order valence-corrected chi connectivity index (χ1v) is 10.5. The molecule has 3 aromatic carbocycles. The number of hydrogen-bond acceptors (Lipinski definition) is 3. The Bertz CT molecular complexity index is 1040. The van der Waals surface area contributed by atoms with Crippen LogP contribution in [-0.2, 0) is 4.79 Å². The zero-order valence-electron chi connectivity index (χ0n) is 15.5. The number of halogens is 2. The Kier molecular flexibility index (Phi) is 7.20. The van der Waals surface area contributed by atoms with Crippen molar-refractivity contribution in [2.24, 2.45) is 0 Å². The molecule has 0 bridgehead atoms. The Balaban J connectivity index is 1.66. The maximum absolute atomic E-state index is 12.7. The third kappa shape index (κ3) is 5.76. The molecule has 0 aromatic heterocycles. The molecule has 0 atom stereocenters. The molecule has 148 valence electrons. The van der Waals surface area contributed by atoms with Gasteiger partial charge in [0.15, 0.2) is 0 Å². The van der Waals surface area contributed by atoms with Crippen LogP contribution in [0.3, 0.4) is 0 Å². The van der Waals surface area contributed by atoms with Gasteiger partial charge in [-0.3, -0.25) is 9.59 Å². The molecule has 0 heterocycles. The molecule has 0 aliphatic heterocycles. The Labute approximate surface area is 183 Å². The van der Waals surface area contributed by atoms with Crippen LogP contribution < -0.4 is 10.6 Å². The van der Waals surface area contributed by atoms with Crippen molar-refractivity contribution in [1.82, 2.24) is 0 Å². The number of carbonyl (C=O) groups is 2. The van der Waals surface area contributed by atoms with E-state index < -0.39 is 0 Å². The molecule has 4 nitrogen and oxygen atoms in total. The van der Waals surface area contributed by atoms with Gasteiger partial charge in [0, 0.05) is 10.6 Å². The highest BCUT2D eigenvalue weighted by Gasteiger charge is 2.15. The van der Waals surface area contributed by atoms with E-state index in [1.54, 1.807) is 36.4 Å². The van der Waals surface area contributed by atoms with E-state index in [1.165, 1.54) is 11.8 Å². The third-order valence-corrected chi connectivity index (χ3v) is 5.92. The lowest BCUT2D eigenvalue weighted by Crippen LogP contribution is -2.16. The summed E-state index contributed by atoms with van der Waals surface area (Å²) in [5, 5.41) is 6.26. The van der Waals surface area contributed by atoms with Gasteiger partial charge < -0.3 is 10.6 Å². The maximum atomic E-state index is 12.7. The molecule has 0 spiro atoms. The average Bonchev–Trinajstić information content (AvgIpc) is 2.72. The van der Waals surface area contributed by atoms with Crippen LogP contribution in [0.15, 0.2) is 71.6 Å². The summed E-state index contributed by atoms with van der Waals surface area (Å²) >= 11 is 13.4. The molecule has 0 radical (unpaired) electrons. The molecule has 0 aliphatic rings. The SMILES string of the molecule is Cc1ccc(NC(=O)CSc2ccccc2C(=O)Nc2cccc(Cl)c2Cl)cc1. The van der Waals surface area contributed by atoms with Crippen LogP contribution in [0.5, 0.6) is 0 Å². The molecule has 0 aliphatic carbocycles. The second-order valence-electron chi connectivity index (χ2n) is 6.25. The molecular formula is C22H18Cl2N2O2S. The van der Waals surface area contributed by atoms with Crippen molar-refractivity contribution >= 4 is 58.2 Å². The van der Waals surface area contributed by atoms with Crippen molar-refractivity contribution in [3.8, 4) is 0 Å². The standard InChI is InChI=1S/C22H18Cl2N2O2S/c1-14-9-11-15(12-10-14)25-20(27)13-29-19-8-3-2-5-16(19)22(28)26-18-7-4-6-17(23)21(18)24/h2-12H,13H2,1H3,(H,25,27)(H,26,28). The highest BCUT2D eigenvalue weighted by atomic mass is 35.5. The molecule has 2 N–H and O–H groups in total. The van der Waals surface area contributed by atoms with Gasteiger partial charge in [-0.2, -0.15) is 0 Å². The predicted molar refractivity (Wildman–Crippen MR) is 121 cm³/mol. The molecule has 29 heavy (non-hydrogen) atoms. The number of aryl methyl sites for hydroxylation is 1. The summed E-state index contributed by atoms with van der Waals surface area (Å²) in [4.78, 5) is 25.7. The van der Waals surface area contributed by atoms with Crippen LogP contribution >= 0.6 is 35.0 Å². The first-order valence-electron chi connectivity index (χ1n) is 8.78. The fraction of sp³-hybridized carbons (Fsp3) is 0.0909. The Morgan fingerprint density at radius 2 is 1.62 bits per heavy atom. The molecule has 0 unspecified atom stereocenters. The van der Waals surface area contributed by atoms with E-state index in [0.29, 0.717) is 21.2 Å². The quantitative estimate of drug-likeness (QED) is 0.439. The van der Waals surface area contributed by atoms with Crippen molar-refractivity contribution in [3.05, 3.63) is 87.9 Å². The molecule has 0 fully saturated rings. The van der Waals surface area contributed by atoms with Crippen molar-refractivity contribution < 1.29 is 9.59 Å². The second-order valence-corrected chi connectivity index (χ2v) is 8.06. The Hall–Kier alpha value is -2.47. The first-order chi connectivity index (χ1) is 13.9. The number of rotatable bonds is 6. The van der Waals surface area contributed by atoms with Crippen LogP contribution in [0.1, 0.15) is 15.9 Å². The van der Waals surface area contributed by atoms with Gasteiger partial charge >= 0.3 is 0 Å². The van der Waals surface area contributed by atoms with Gasteiger partial charge in [0.05, 0.1) is 27.0 Å². The smallest absolute Gasteiger partial charge is 0.256 e. The normalized spacial score (nSPS) is 10.4. The molecule has 3 rings (SSSR count). The highest BCUT2D eigenvalue weighted by molar-refractivity contribution is 8.00. The van der Waals surface area contributed by atoms with E-state index in [9.17, 15) is 9.59 Å². The van der Waals surface area contributed by atoms with Crippen molar-refractivity contribution in [2.45, 2.75) is 11.8 Å². The Morgan fingerprint density at radius 3 is 2.38 bits per heavy atom. The largest absolute Gasteiger partial charge is 0.325 e. The van der Waals surface area contributed by atoms with Gasteiger partial charge in [0.2, 0.25) is 5.91 Å². The van der Waals surface area contributed by atoms with Crippen LogP contribution in [0.2, 0.25) is 10.0 Å². The summed E-state index contributed by atoms with van der Waals surface area (Å²) < 4.78 is 0. The molecule has 7 heteroatoms. The lowest BCUT2D eigenvalue weighted by atomic mass is 10.2. The fourth-order valence-corrected chi connectivity index (χ4v) is 3.74.